The minimum absolute atomic E-state index is 0.00182. The van der Waals surface area contributed by atoms with Gasteiger partial charge in [0, 0.05) is 48.8 Å². The minimum Gasteiger partial charge on any atom is -0.481 e. The molecular formula is C24H29N5O2. The van der Waals surface area contributed by atoms with Crippen LogP contribution < -0.4 is 10.1 Å². The van der Waals surface area contributed by atoms with Gasteiger partial charge in [-0.05, 0) is 35.6 Å². The zero-order valence-corrected chi connectivity index (χ0v) is 18.6. The van der Waals surface area contributed by atoms with Crippen LogP contribution in [0.25, 0.3) is 22.0 Å². The Hall–Kier alpha value is -3.22. The molecule has 1 aromatic carbocycles. The first kappa shape index (κ1) is 21.0. The van der Waals surface area contributed by atoms with Crippen molar-refractivity contribution in [2.24, 2.45) is 5.41 Å². The van der Waals surface area contributed by atoms with Crippen molar-refractivity contribution in [1.29, 1.82) is 0 Å². The fourth-order valence-corrected chi connectivity index (χ4v) is 3.89. The van der Waals surface area contributed by atoms with E-state index in [0.29, 0.717) is 18.8 Å². The second-order valence-electron chi connectivity index (χ2n) is 9.25. The summed E-state index contributed by atoms with van der Waals surface area (Å²) in [5.74, 6) is 1.60. The third-order valence-corrected chi connectivity index (χ3v) is 5.48. The van der Waals surface area contributed by atoms with Crippen molar-refractivity contribution in [3.63, 3.8) is 0 Å². The summed E-state index contributed by atoms with van der Waals surface area (Å²) in [6.45, 7) is 7.76. The smallest absolute Gasteiger partial charge is 0.223 e. The molecule has 0 radical (unpaired) electrons. The number of nitrogens with zero attached hydrogens (tertiary/aromatic N) is 4. The maximum absolute atomic E-state index is 12.6. The molecule has 1 amide bonds. The van der Waals surface area contributed by atoms with E-state index in [9.17, 15) is 4.79 Å². The van der Waals surface area contributed by atoms with Crippen LogP contribution in [0.5, 0.6) is 5.88 Å². The van der Waals surface area contributed by atoms with Gasteiger partial charge in [0.25, 0.3) is 0 Å². The summed E-state index contributed by atoms with van der Waals surface area (Å²) < 4.78 is 5.15. The van der Waals surface area contributed by atoms with Crippen molar-refractivity contribution < 1.29 is 9.53 Å². The fourth-order valence-electron chi connectivity index (χ4n) is 3.89. The molecule has 0 bridgehead atoms. The Bertz CT molecular complexity index is 1080. The molecule has 1 aliphatic rings. The Labute approximate surface area is 182 Å². The van der Waals surface area contributed by atoms with Gasteiger partial charge in [0.05, 0.1) is 12.6 Å². The monoisotopic (exact) mass is 419 g/mol. The molecular weight excluding hydrogens is 390 g/mol. The molecule has 2 aromatic heterocycles. The summed E-state index contributed by atoms with van der Waals surface area (Å²) >= 11 is 0. The number of fused-ring (bicyclic) bond motifs is 1. The van der Waals surface area contributed by atoms with Crippen LogP contribution >= 0.6 is 0 Å². The molecule has 3 heterocycles. The lowest BCUT2D eigenvalue weighted by Gasteiger charge is -2.23. The third kappa shape index (κ3) is 4.93. The Morgan fingerprint density at radius 2 is 1.97 bits per heavy atom. The number of aromatic nitrogens is 3. The number of benzene rings is 1. The Kier molecular flexibility index (Phi) is 5.76. The van der Waals surface area contributed by atoms with Crippen molar-refractivity contribution in [2.45, 2.75) is 39.7 Å². The van der Waals surface area contributed by atoms with Crippen molar-refractivity contribution in [3.05, 3.63) is 42.9 Å². The number of methoxy groups -OCH3 is 1. The van der Waals surface area contributed by atoms with Gasteiger partial charge in [-0.15, -0.1) is 0 Å². The van der Waals surface area contributed by atoms with E-state index in [1.807, 2.05) is 29.2 Å². The highest BCUT2D eigenvalue weighted by molar-refractivity contribution is 5.92. The van der Waals surface area contributed by atoms with E-state index < -0.39 is 0 Å². The molecule has 0 aliphatic carbocycles. The number of pyridine rings is 1. The number of rotatable bonds is 5. The van der Waals surface area contributed by atoms with Gasteiger partial charge < -0.3 is 15.0 Å². The fraction of sp³-hybridized carbons (Fsp3) is 0.417. The second-order valence-corrected chi connectivity index (χ2v) is 9.25. The summed E-state index contributed by atoms with van der Waals surface area (Å²) in [7, 11) is 1.61. The highest BCUT2D eigenvalue weighted by atomic mass is 16.5. The summed E-state index contributed by atoms with van der Waals surface area (Å²) in [6, 6.07) is 10.1. The molecule has 4 rings (SSSR count). The van der Waals surface area contributed by atoms with E-state index in [4.69, 9.17) is 4.74 Å². The summed E-state index contributed by atoms with van der Waals surface area (Å²) in [5, 5.41) is 4.50. The SMILES string of the molecule is COc1ccc(-c2ccc3ncnc(N[C@H]4CCN(C(=O)CC(C)(C)C)C4)c3c2)cn1. The zero-order valence-electron chi connectivity index (χ0n) is 18.6. The van der Waals surface area contributed by atoms with Crippen molar-refractivity contribution in [1.82, 2.24) is 19.9 Å². The third-order valence-electron chi connectivity index (χ3n) is 5.48. The molecule has 7 nitrogen and oxygen atoms in total. The van der Waals surface area contributed by atoms with Gasteiger partial charge in [-0.3, -0.25) is 4.79 Å². The number of hydrogen-bond donors (Lipinski definition) is 1. The standard InChI is InChI=1S/C24H29N5O2/c1-24(2,3)12-22(30)29-10-9-18(14-29)28-23-19-11-16(5-7-20(19)26-15-27-23)17-6-8-21(31-4)25-13-17/h5-8,11,13,15,18H,9-10,12,14H2,1-4H3,(H,26,27,28)/t18-/m0/s1. The molecule has 1 fully saturated rings. The highest BCUT2D eigenvalue weighted by Crippen LogP contribution is 2.29. The van der Waals surface area contributed by atoms with Crippen LogP contribution in [0.15, 0.2) is 42.9 Å². The normalized spacial score (nSPS) is 16.5. The maximum Gasteiger partial charge on any atom is 0.223 e. The largest absolute Gasteiger partial charge is 0.481 e. The minimum atomic E-state index is -0.00182. The quantitative estimate of drug-likeness (QED) is 0.669. The van der Waals surface area contributed by atoms with Gasteiger partial charge >= 0.3 is 0 Å². The van der Waals surface area contributed by atoms with E-state index in [2.05, 4.69) is 47.1 Å². The number of amides is 1. The Morgan fingerprint density at radius 3 is 2.68 bits per heavy atom. The van der Waals surface area contributed by atoms with Crippen LogP contribution in [0.1, 0.15) is 33.6 Å². The average molecular weight is 420 g/mol. The highest BCUT2D eigenvalue weighted by Gasteiger charge is 2.29. The first-order chi connectivity index (χ1) is 14.8. The van der Waals surface area contributed by atoms with E-state index >= 15 is 0 Å². The van der Waals surface area contributed by atoms with Crippen LogP contribution in [-0.4, -0.2) is 52.0 Å². The Morgan fingerprint density at radius 1 is 1.16 bits per heavy atom. The van der Waals surface area contributed by atoms with Gasteiger partial charge in [0.15, 0.2) is 0 Å². The molecule has 162 valence electrons. The van der Waals surface area contributed by atoms with Gasteiger partial charge in [-0.2, -0.15) is 0 Å². The first-order valence-corrected chi connectivity index (χ1v) is 10.6. The van der Waals surface area contributed by atoms with Gasteiger partial charge in [-0.25, -0.2) is 15.0 Å². The van der Waals surface area contributed by atoms with Crippen LogP contribution in [0, 0.1) is 5.41 Å². The molecule has 0 saturated carbocycles. The molecule has 31 heavy (non-hydrogen) atoms. The van der Waals surface area contributed by atoms with Crippen LogP contribution in [0.2, 0.25) is 0 Å². The van der Waals surface area contributed by atoms with Gasteiger partial charge in [0.1, 0.15) is 12.1 Å². The topological polar surface area (TPSA) is 80.2 Å². The molecule has 1 aliphatic heterocycles. The predicted octanol–water partition coefficient (Wildman–Crippen LogP) is 4.15. The van der Waals surface area contributed by atoms with Crippen molar-refractivity contribution >= 4 is 22.6 Å². The number of nitrogens with one attached hydrogen (secondary N) is 1. The summed E-state index contributed by atoms with van der Waals surface area (Å²) in [4.78, 5) is 27.7. The number of hydrogen-bond acceptors (Lipinski definition) is 6. The van der Waals surface area contributed by atoms with Crippen molar-refractivity contribution in [3.8, 4) is 17.0 Å². The van der Waals surface area contributed by atoms with Crippen LogP contribution in [0.4, 0.5) is 5.82 Å². The average Bonchev–Trinajstić information content (AvgIpc) is 3.21. The van der Waals surface area contributed by atoms with Crippen LogP contribution in [0.3, 0.4) is 0 Å². The number of carbonyl (C=O) groups excluding carboxylic acids is 1. The zero-order chi connectivity index (χ0) is 22.0. The number of likely N-dealkylation sites (tertiary alicyclic amines) is 1. The lowest BCUT2D eigenvalue weighted by atomic mass is 9.92. The van der Waals surface area contributed by atoms with Gasteiger partial charge in [0.2, 0.25) is 11.8 Å². The molecule has 1 N–H and O–H groups in total. The Balaban J connectivity index is 1.53. The maximum atomic E-state index is 12.6. The summed E-state index contributed by atoms with van der Waals surface area (Å²) in [5.41, 5.74) is 2.91. The lowest BCUT2D eigenvalue weighted by molar-refractivity contribution is -0.132. The van der Waals surface area contributed by atoms with Crippen LogP contribution in [-0.2, 0) is 4.79 Å². The summed E-state index contributed by atoms with van der Waals surface area (Å²) in [6.07, 6.45) is 4.85. The number of carbonyl (C=O) groups is 1. The first-order valence-electron chi connectivity index (χ1n) is 10.6. The van der Waals surface area contributed by atoms with E-state index in [-0.39, 0.29) is 17.4 Å². The molecule has 0 unspecified atom stereocenters. The van der Waals surface area contributed by atoms with E-state index in [0.717, 1.165) is 40.8 Å². The lowest BCUT2D eigenvalue weighted by Crippen LogP contribution is -2.33. The number of ether oxygens (including phenoxy) is 1. The number of anilines is 1. The van der Waals surface area contributed by atoms with E-state index in [1.54, 1.807) is 19.6 Å². The molecule has 1 saturated heterocycles. The molecule has 7 heteroatoms. The predicted molar refractivity (Wildman–Crippen MR) is 122 cm³/mol. The van der Waals surface area contributed by atoms with E-state index in [1.165, 1.54) is 0 Å². The van der Waals surface area contributed by atoms with Crippen molar-refractivity contribution in [2.75, 3.05) is 25.5 Å². The molecule has 1 atom stereocenters. The molecule has 0 spiro atoms. The molecule has 3 aromatic rings. The second kappa shape index (κ2) is 8.49. The van der Waals surface area contributed by atoms with Gasteiger partial charge in [-0.1, -0.05) is 26.8 Å².